The minimum atomic E-state index is -3.80. The van der Waals surface area contributed by atoms with Crippen molar-refractivity contribution in [1.82, 2.24) is 9.62 Å². The highest BCUT2D eigenvalue weighted by Gasteiger charge is 2.26. The van der Waals surface area contributed by atoms with E-state index in [1.807, 2.05) is 0 Å². The number of rotatable bonds is 8. The maximum Gasteiger partial charge on any atom is 0.244 e. The molecule has 0 spiro atoms. The van der Waals surface area contributed by atoms with Gasteiger partial charge in [0.2, 0.25) is 10.0 Å². The van der Waals surface area contributed by atoms with Crippen LogP contribution in [-0.2, 0) is 16.6 Å². The van der Waals surface area contributed by atoms with Gasteiger partial charge >= 0.3 is 0 Å². The molecule has 1 N–H and O–H groups in total. The van der Waals surface area contributed by atoms with E-state index >= 15 is 0 Å². The van der Waals surface area contributed by atoms with Crippen molar-refractivity contribution in [3.05, 3.63) is 54.4 Å². The van der Waals surface area contributed by atoms with Crippen molar-refractivity contribution in [2.45, 2.75) is 18.4 Å². The quantitative estimate of drug-likeness (QED) is 0.749. The second-order valence-electron chi connectivity index (χ2n) is 4.63. The minimum absolute atomic E-state index is 0.0172. The largest absolute Gasteiger partial charge is 0.316 e. The van der Waals surface area contributed by atoms with Crippen molar-refractivity contribution in [1.29, 1.82) is 0 Å². The predicted molar refractivity (Wildman–Crippen MR) is 83.1 cm³/mol. The van der Waals surface area contributed by atoms with Crippen molar-refractivity contribution in [3.63, 3.8) is 0 Å². The zero-order valence-corrected chi connectivity index (χ0v) is 13.2. The van der Waals surface area contributed by atoms with Gasteiger partial charge in [0.1, 0.15) is 5.82 Å². The molecule has 0 radical (unpaired) electrons. The summed E-state index contributed by atoms with van der Waals surface area (Å²) >= 11 is 0. The fourth-order valence-corrected chi connectivity index (χ4v) is 3.65. The Labute approximate surface area is 126 Å². The number of sulfonamides is 1. The summed E-state index contributed by atoms with van der Waals surface area (Å²) in [5.41, 5.74) is 0.698. The first-order chi connectivity index (χ1) is 9.88. The van der Waals surface area contributed by atoms with Crippen molar-refractivity contribution in [2.24, 2.45) is 0 Å². The summed E-state index contributed by atoms with van der Waals surface area (Å²) in [6.07, 6.45) is 2.98. The Kier molecular flexibility index (Phi) is 6.26. The lowest BCUT2D eigenvalue weighted by Crippen LogP contribution is -2.32. The van der Waals surface area contributed by atoms with Crippen molar-refractivity contribution < 1.29 is 12.8 Å². The Balaban J connectivity index is 3.40. The Morgan fingerprint density at radius 2 is 1.86 bits per heavy atom. The van der Waals surface area contributed by atoms with Crippen LogP contribution in [-0.4, -0.2) is 32.9 Å². The van der Waals surface area contributed by atoms with Gasteiger partial charge in [-0.1, -0.05) is 12.2 Å². The Bertz CT molecular complexity index is 617. The van der Waals surface area contributed by atoms with Gasteiger partial charge in [0, 0.05) is 25.2 Å². The fourth-order valence-electron chi connectivity index (χ4n) is 1.98. The van der Waals surface area contributed by atoms with E-state index in [1.54, 1.807) is 7.05 Å². The van der Waals surface area contributed by atoms with Gasteiger partial charge in [0.15, 0.2) is 0 Å². The van der Waals surface area contributed by atoms with Crippen LogP contribution in [0.5, 0.6) is 0 Å². The van der Waals surface area contributed by atoms with E-state index in [-0.39, 0.29) is 23.5 Å². The lowest BCUT2D eigenvalue weighted by molar-refractivity contribution is 0.472. The molecule has 0 saturated carbocycles. The number of nitrogens with zero attached hydrogens (tertiary/aromatic N) is 1. The zero-order chi connectivity index (χ0) is 16.0. The third kappa shape index (κ3) is 4.00. The molecular formula is C15H21FN2O2S. The minimum Gasteiger partial charge on any atom is -0.316 e. The van der Waals surface area contributed by atoms with E-state index in [9.17, 15) is 12.8 Å². The van der Waals surface area contributed by atoms with E-state index in [0.29, 0.717) is 12.1 Å². The number of hydrogen-bond acceptors (Lipinski definition) is 3. The van der Waals surface area contributed by atoms with Gasteiger partial charge < -0.3 is 5.32 Å². The molecule has 1 aromatic rings. The van der Waals surface area contributed by atoms with Gasteiger partial charge in [-0.05, 0) is 31.7 Å². The second-order valence-corrected chi connectivity index (χ2v) is 6.54. The van der Waals surface area contributed by atoms with Crippen LogP contribution in [0.2, 0.25) is 0 Å². The molecule has 0 heterocycles. The van der Waals surface area contributed by atoms with Crippen LogP contribution in [0.25, 0.3) is 0 Å². The zero-order valence-electron chi connectivity index (χ0n) is 12.4. The Hall–Kier alpha value is -1.50. The van der Waals surface area contributed by atoms with Gasteiger partial charge in [-0.15, -0.1) is 13.2 Å². The Morgan fingerprint density at radius 3 is 2.33 bits per heavy atom. The maximum atomic E-state index is 14.0. The smallest absolute Gasteiger partial charge is 0.244 e. The first-order valence-corrected chi connectivity index (χ1v) is 7.98. The average Bonchev–Trinajstić information content (AvgIpc) is 2.42. The van der Waals surface area contributed by atoms with Crippen LogP contribution in [0.4, 0.5) is 4.39 Å². The molecule has 0 aliphatic rings. The van der Waals surface area contributed by atoms with Crippen LogP contribution in [0, 0.1) is 12.7 Å². The van der Waals surface area contributed by atoms with E-state index in [2.05, 4.69) is 18.5 Å². The first kappa shape index (κ1) is 17.6. The molecule has 0 aliphatic carbocycles. The summed E-state index contributed by atoms with van der Waals surface area (Å²) in [7, 11) is -2.08. The molecule has 116 valence electrons. The molecule has 4 nitrogen and oxygen atoms in total. The molecule has 0 atom stereocenters. The maximum absolute atomic E-state index is 14.0. The lowest BCUT2D eigenvalue weighted by atomic mass is 10.1. The molecule has 1 aromatic carbocycles. The van der Waals surface area contributed by atoms with E-state index in [4.69, 9.17) is 0 Å². The Morgan fingerprint density at radius 1 is 1.29 bits per heavy atom. The van der Waals surface area contributed by atoms with Crippen molar-refractivity contribution >= 4 is 10.0 Å². The van der Waals surface area contributed by atoms with Crippen molar-refractivity contribution in [2.75, 3.05) is 20.1 Å². The summed E-state index contributed by atoms with van der Waals surface area (Å²) in [4.78, 5) is -0.0172. The van der Waals surface area contributed by atoms with Crippen LogP contribution in [0.1, 0.15) is 11.1 Å². The summed E-state index contributed by atoms with van der Waals surface area (Å²) in [5.74, 6) is -0.529. The number of halogens is 1. The second kappa shape index (κ2) is 7.49. The summed E-state index contributed by atoms with van der Waals surface area (Å²) in [6, 6.07) is 2.85. The van der Waals surface area contributed by atoms with Gasteiger partial charge in [-0.3, -0.25) is 0 Å². The predicted octanol–water partition coefficient (Wildman–Crippen LogP) is 2.22. The number of benzene rings is 1. The van der Waals surface area contributed by atoms with E-state index in [1.165, 1.54) is 35.5 Å². The number of nitrogens with one attached hydrogen (secondary N) is 1. The third-order valence-electron chi connectivity index (χ3n) is 3.02. The molecular weight excluding hydrogens is 291 g/mol. The summed E-state index contributed by atoms with van der Waals surface area (Å²) < 4.78 is 40.6. The van der Waals surface area contributed by atoms with Gasteiger partial charge in [-0.2, -0.15) is 4.31 Å². The van der Waals surface area contributed by atoms with Gasteiger partial charge in [-0.25, -0.2) is 12.8 Å². The highest BCUT2D eigenvalue weighted by molar-refractivity contribution is 7.89. The molecule has 0 aromatic heterocycles. The normalized spacial score (nSPS) is 11.6. The molecule has 0 bridgehead atoms. The molecule has 0 amide bonds. The summed E-state index contributed by atoms with van der Waals surface area (Å²) in [6.45, 7) is 9.25. The molecule has 0 saturated heterocycles. The fraction of sp³-hybridized carbons (Fsp3) is 0.333. The standard InChI is InChI=1S/C15H21FN2O2S/c1-5-7-18(8-6-2)21(19,20)15-10-13(11-17-4)9-14(16)12(15)3/h5-6,9-10,17H,1-2,7-8,11H2,3-4H3. The SMILES string of the molecule is C=CCN(CC=C)S(=O)(=O)c1cc(CNC)cc(F)c1C. The highest BCUT2D eigenvalue weighted by atomic mass is 32.2. The van der Waals surface area contributed by atoms with E-state index < -0.39 is 15.8 Å². The molecule has 6 heteroatoms. The van der Waals surface area contributed by atoms with Crippen LogP contribution >= 0.6 is 0 Å². The highest BCUT2D eigenvalue weighted by Crippen LogP contribution is 2.24. The molecule has 21 heavy (non-hydrogen) atoms. The van der Waals surface area contributed by atoms with Crippen molar-refractivity contribution in [3.8, 4) is 0 Å². The van der Waals surface area contributed by atoms with E-state index in [0.717, 1.165) is 0 Å². The molecule has 0 fully saturated rings. The number of hydrogen-bond donors (Lipinski definition) is 1. The lowest BCUT2D eigenvalue weighted by Gasteiger charge is -2.21. The summed E-state index contributed by atoms with van der Waals surface area (Å²) in [5, 5.41) is 2.88. The first-order valence-electron chi connectivity index (χ1n) is 6.54. The van der Waals surface area contributed by atoms with Crippen LogP contribution in [0.15, 0.2) is 42.3 Å². The topological polar surface area (TPSA) is 49.4 Å². The molecule has 0 aliphatic heterocycles. The van der Waals surface area contributed by atoms with Crippen LogP contribution in [0.3, 0.4) is 0 Å². The van der Waals surface area contributed by atoms with Gasteiger partial charge in [0.25, 0.3) is 0 Å². The molecule has 1 rings (SSSR count). The monoisotopic (exact) mass is 312 g/mol. The molecule has 0 unspecified atom stereocenters. The average molecular weight is 312 g/mol. The van der Waals surface area contributed by atoms with Gasteiger partial charge in [0.05, 0.1) is 4.90 Å². The van der Waals surface area contributed by atoms with Crippen LogP contribution < -0.4 is 5.32 Å². The third-order valence-corrected chi connectivity index (χ3v) is 4.98.